The zero-order valence-electron chi connectivity index (χ0n) is 9.03. The van der Waals surface area contributed by atoms with E-state index < -0.39 is 0 Å². The molecule has 0 spiro atoms. The van der Waals surface area contributed by atoms with E-state index >= 15 is 0 Å². The van der Waals surface area contributed by atoms with E-state index in [9.17, 15) is 4.79 Å². The van der Waals surface area contributed by atoms with Gasteiger partial charge in [-0.1, -0.05) is 18.5 Å². The van der Waals surface area contributed by atoms with Crippen LogP contribution in [-0.2, 0) is 0 Å². The zero-order valence-corrected chi connectivity index (χ0v) is 9.79. The van der Waals surface area contributed by atoms with Crippen molar-refractivity contribution in [3.63, 3.8) is 0 Å². The summed E-state index contributed by atoms with van der Waals surface area (Å²) < 4.78 is 0. The highest BCUT2D eigenvalue weighted by atomic mass is 35.5. The molecular formula is C11H15ClN2O2. The molecule has 1 aromatic rings. The van der Waals surface area contributed by atoms with Crippen molar-refractivity contribution >= 4 is 23.2 Å². The lowest BCUT2D eigenvalue weighted by Gasteiger charge is -2.14. The largest absolute Gasteiger partial charge is 0.399 e. The Balaban J connectivity index is 2.83. The van der Waals surface area contributed by atoms with Gasteiger partial charge in [-0.05, 0) is 24.6 Å². The summed E-state index contributed by atoms with van der Waals surface area (Å²) in [5.74, 6) is -0.321. The number of nitrogen functional groups attached to an aromatic ring is 1. The molecule has 0 radical (unpaired) electrons. The van der Waals surface area contributed by atoms with Crippen molar-refractivity contribution in [3.8, 4) is 0 Å². The van der Waals surface area contributed by atoms with Crippen LogP contribution in [0.15, 0.2) is 18.2 Å². The molecule has 16 heavy (non-hydrogen) atoms. The summed E-state index contributed by atoms with van der Waals surface area (Å²) in [6.45, 7) is 1.78. The molecule has 0 saturated heterocycles. The molecule has 1 rings (SSSR count). The van der Waals surface area contributed by atoms with Gasteiger partial charge in [0.05, 0.1) is 23.2 Å². The number of aliphatic hydroxyl groups excluding tert-OH is 1. The summed E-state index contributed by atoms with van der Waals surface area (Å²) >= 11 is 5.88. The molecule has 88 valence electrons. The molecule has 0 unspecified atom stereocenters. The molecule has 1 aromatic carbocycles. The number of hydrogen-bond acceptors (Lipinski definition) is 3. The molecule has 0 bridgehead atoms. The smallest absolute Gasteiger partial charge is 0.253 e. The fraction of sp³-hybridized carbons (Fsp3) is 0.364. The van der Waals surface area contributed by atoms with Crippen molar-refractivity contribution in [1.29, 1.82) is 0 Å². The number of nitrogens with two attached hydrogens (primary N) is 1. The van der Waals surface area contributed by atoms with Crippen molar-refractivity contribution in [2.24, 2.45) is 0 Å². The minimum atomic E-state index is -0.321. The summed E-state index contributed by atoms with van der Waals surface area (Å²) in [4.78, 5) is 11.8. The third kappa shape index (κ3) is 3.12. The first-order chi connectivity index (χ1) is 7.58. The number of halogens is 1. The van der Waals surface area contributed by atoms with Gasteiger partial charge in [0.1, 0.15) is 0 Å². The van der Waals surface area contributed by atoms with Crippen LogP contribution in [0.3, 0.4) is 0 Å². The first kappa shape index (κ1) is 12.8. The topological polar surface area (TPSA) is 75.3 Å². The number of carbonyl (C=O) groups excluding carboxylic acids is 1. The van der Waals surface area contributed by atoms with Crippen molar-refractivity contribution in [1.82, 2.24) is 5.32 Å². The van der Waals surface area contributed by atoms with Gasteiger partial charge < -0.3 is 16.2 Å². The summed E-state index contributed by atoms with van der Waals surface area (Å²) in [6.07, 6.45) is 0.655. The highest BCUT2D eigenvalue weighted by Crippen LogP contribution is 2.18. The standard InChI is InChI=1S/C11H15ClN2O2/c1-2-8(6-15)14-11(16)9-5-7(13)3-4-10(9)12/h3-5,8,15H,2,6,13H2,1H3,(H,14,16)/t8-/m1/s1. The number of anilines is 1. The van der Waals surface area contributed by atoms with Gasteiger partial charge in [-0.2, -0.15) is 0 Å². The molecular weight excluding hydrogens is 228 g/mol. The SMILES string of the molecule is CC[C@H](CO)NC(=O)c1cc(N)ccc1Cl. The molecule has 0 heterocycles. The minimum absolute atomic E-state index is 0.0951. The predicted octanol–water partition coefficient (Wildman–Crippen LogP) is 1.42. The third-order valence-electron chi connectivity index (χ3n) is 2.28. The Morgan fingerprint density at radius 2 is 2.31 bits per heavy atom. The van der Waals surface area contributed by atoms with Crippen LogP contribution >= 0.6 is 11.6 Å². The molecule has 5 heteroatoms. The van der Waals surface area contributed by atoms with E-state index in [0.717, 1.165) is 0 Å². The molecule has 4 nitrogen and oxygen atoms in total. The number of benzene rings is 1. The molecule has 0 aromatic heterocycles. The van der Waals surface area contributed by atoms with Crippen molar-refractivity contribution in [2.45, 2.75) is 19.4 Å². The predicted molar refractivity (Wildman–Crippen MR) is 64.5 cm³/mol. The van der Waals surface area contributed by atoms with Crippen LogP contribution in [0.2, 0.25) is 5.02 Å². The molecule has 1 amide bonds. The normalized spacial score (nSPS) is 12.2. The Hall–Kier alpha value is -1.26. The molecule has 0 fully saturated rings. The lowest BCUT2D eigenvalue weighted by atomic mass is 10.1. The van der Waals surface area contributed by atoms with Crippen LogP contribution in [0, 0.1) is 0 Å². The summed E-state index contributed by atoms with van der Waals surface area (Å²) in [7, 11) is 0. The first-order valence-electron chi connectivity index (χ1n) is 5.05. The van der Waals surface area contributed by atoms with Crippen molar-refractivity contribution in [3.05, 3.63) is 28.8 Å². The van der Waals surface area contributed by atoms with E-state index in [1.807, 2.05) is 6.92 Å². The van der Waals surface area contributed by atoms with Crippen LogP contribution < -0.4 is 11.1 Å². The van der Waals surface area contributed by atoms with Gasteiger partial charge in [0, 0.05) is 5.69 Å². The fourth-order valence-electron chi connectivity index (χ4n) is 1.26. The molecule has 0 aliphatic rings. The molecule has 0 aliphatic carbocycles. The van der Waals surface area contributed by atoms with Crippen LogP contribution in [-0.4, -0.2) is 23.7 Å². The van der Waals surface area contributed by atoms with Crippen LogP contribution in [0.4, 0.5) is 5.69 Å². The maximum Gasteiger partial charge on any atom is 0.253 e. The van der Waals surface area contributed by atoms with Gasteiger partial charge in [0.2, 0.25) is 0 Å². The Bertz CT molecular complexity index is 378. The fourth-order valence-corrected chi connectivity index (χ4v) is 1.46. The quantitative estimate of drug-likeness (QED) is 0.699. The Kier molecular flexibility index (Phi) is 4.58. The van der Waals surface area contributed by atoms with E-state index in [-0.39, 0.29) is 18.6 Å². The Morgan fingerprint density at radius 1 is 1.62 bits per heavy atom. The second-order valence-electron chi connectivity index (χ2n) is 3.50. The van der Waals surface area contributed by atoms with Gasteiger partial charge in [-0.3, -0.25) is 4.79 Å². The van der Waals surface area contributed by atoms with E-state index in [4.69, 9.17) is 22.4 Å². The van der Waals surface area contributed by atoms with Crippen LogP contribution in [0.5, 0.6) is 0 Å². The van der Waals surface area contributed by atoms with Crippen molar-refractivity contribution in [2.75, 3.05) is 12.3 Å². The van der Waals surface area contributed by atoms with Gasteiger partial charge in [0.15, 0.2) is 0 Å². The molecule has 0 saturated carbocycles. The van der Waals surface area contributed by atoms with Gasteiger partial charge in [0.25, 0.3) is 5.91 Å². The molecule has 0 aliphatic heterocycles. The number of carbonyl (C=O) groups is 1. The zero-order chi connectivity index (χ0) is 12.1. The third-order valence-corrected chi connectivity index (χ3v) is 2.61. The van der Waals surface area contributed by atoms with E-state index in [2.05, 4.69) is 5.32 Å². The number of hydrogen-bond donors (Lipinski definition) is 3. The van der Waals surface area contributed by atoms with Crippen LogP contribution in [0.25, 0.3) is 0 Å². The maximum absolute atomic E-state index is 11.8. The highest BCUT2D eigenvalue weighted by molar-refractivity contribution is 6.34. The summed E-state index contributed by atoms with van der Waals surface area (Å²) in [6, 6.07) is 4.46. The number of aliphatic hydroxyl groups is 1. The van der Waals surface area contributed by atoms with Gasteiger partial charge >= 0.3 is 0 Å². The molecule has 1 atom stereocenters. The lowest BCUT2D eigenvalue weighted by Crippen LogP contribution is -2.37. The van der Waals surface area contributed by atoms with E-state index in [1.54, 1.807) is 12.1 Å². The number of rotatable bonds is 4. The van der Waals surface area contributed by atoms with E-state index in [0.29, 0.717) is 22.7 Å². The first-order valence-corrected chi connectivity index (χ1v) is 5.43. The average molecular weight is 243 g/mol. The number of nitrogens with one attached hydrogen (secondary N) is 1. The van der Waals surface area contributed by atoms with E-state index in [1.165, 1.54) is 6.07 Å². The van der Waals surface area contributed by atoms with Gasteiger partial charge in [-0.15, -0.1) is 0 Å². The minimum Gasteiger partial charge on any atom is -0.399 e. The maximum atomic E-state index is 11.8. The average Bonchev–Trinajstić information content (AvgIpc) is 2.28. The van der Waals surface area contributed by atoms with Gasteiger partial charge in [-0.25, -0.2) is 0 Å². The second kappa shape index (κ2) is 5.72. The second-order valence-corrected chi connectivity index (χ2v) is 3.91. The Morgan fingerprint density at radius 3 is 2.88 bits per heavy atom. The molecule has 4 N–H and O–H groups in total. The summed E-state index contributed by atoms with van der Waals surface area (Å²) in [5.41, 5.74) is 6.38. The Labute approximate surface area is 99.4 Å². The number of amides is 1. The van der Waals surface area contributed by atoms with Crippen molar-refractivity contribution < 1.29 is 9.90 Å². The van der Waals surface area contributed by atoms with Crippen LogP contribution in [0.1, 0.15) is 23.7 Å². The highest BCUT2D eigenvalue weighted by Gasteiger charge is 2.14. The summed E-state index contributed by atoms with van der Waals surface area (Å²) in [5, 5.41) is 12.0. The monoisotopic (exact) mass is 242 g/mol. The lowest BCUT2D eigenvalue weighted by molar-refractivity contribution is 0.0915.